The van der Waals surface area contributed by atoms with Gasteiger partial charge < -0.3 is 89.9 Å². The summed E-state index contributed by atoms with van der Waals surface area (Å²) in [5.41, 5.74) is 0. The van der Waals surface area contributed by atoms with Gasteiger partial charge in [-0.1, -0.05) is 289 Å². The lowest BCUT2D eigenvalue weighted by Gasteiger charge is -2.48. The van der Waals surface area contributed by atoms with Gasteiger partial charge in [0.05, 0.1) is 38.6 Å². The SMILES string of the molecule is CC/C=C\C/C=C\C/C=C\C/C=C\C/C=C\C/C=C\C/C=C\CCCCCCCCCCCCCC(=O)NC(COC1OC(CO)C(OC2OC(CO)C(OC3OC(CO)C(O)C(O)C3O)C(O)C2O)C(O)C1O)C(O)/C=C/CC/C=C/CC/C=C/CCCCCCCCCCCCCCCCCC. The first-order valence-electron chi connectivity index (χ1n) is 40.8. The Hall–Kier alpha value is -3.81. The van der Waals surface area contributed by atoms with E-state index in [0.717, 1.165) is 103 Å². The van der Waals surface area contributed by atoms with E-state index in [-0.39, 0.29) is 18.9 Å². The average molecular weight is 1470 g/mol. The van der Waals surface area contributed by atoms with Crippen molar-refractivity contribution in [1.29, 1.82) is 0 Å². The Bertz CT molecular complexity index is 2350. The molecule has 17 atom stereocenters. The number of aliphatic hydroxyl groups is 11. The molecule has 0 aromatic rings. The predicted molar refractivity (Wildman–Crippen MR) is 415 cm³/mol. The molecule has 0 aromatic heterocycles. The van der Waals surface area contributed by atoms with E-state index >= 15 is 0 Å². The molecule has 0 spiro atoms. The van der Waals surface area contributed by atoms with Crippen LogP contribution < -0.4 is 5.32 Å². The van der Waals surface area contributed by atoms with Gasteiger partial charge in [0.2, 0.25) is 5.91 Å². The molecule has 0 aromatic carbocycles. The molecule has 0 radical (unpaired) electrons. The average Bonchev–Trinajstić information content (AvgIpc) is 0.783. The zero-order valence-electron chi connectivity index (χ0n) is 64.0. The van der Waals surface area contributed by atoms with Crippen molar-refractivity contribution in [3.05, 3.63) is 122 Å². The minimum Gasteiger partial charge on any atom is -0.394 e. The summed E-state index contributed by atoms with van der Waals surface area (Å²) in [6, 6.07) is -1.01. The second-order valence-corrected chi connectivity index (χ2v) is 28.5. The van der Waals surface area contributed by atoms with Gasteiger partial charge in [-0.25, -0.2) is 0 Å². The molecule has 0 bridgehead atoms. The van der Waals surface area contributed by atoms with E-state index in [4.69, 9.17) is 28.4 Å². The molecular weight excluding hydrogens is 1320 g/mol. The molecule has 17 unspecified atom stereocenters. The summed E-state index contributed by atoms with van der Waals surface area (Å²) >= 11 is 0. The Kier molecular flexibility index (Phi) is 58.1. The van der Waals surface area contributed by atoms with Gasteiger partial charge in [-0.3, -0.25) is 4.79 Å². The Balaban J connectivity index is 1.39. The monoisotopic (exact) mass is 1470 g/mol. The van der Waals surface area contributed by atoms with E-state index in [2.05, 4.69) is 129 Å². The van der Waals surface area contributed by atoms with Crippen LogP contribution in [0, 0.1) is 0 Å². The number of carbonyl (C=O) groups is 1. The van der Waals surface area contributed by atoms with Crippen LogP contribution in [0.4, 0.5) is 0 Å². The van der Waals surface area contributed by atoms with Crippen molar-refractivity contribution < 1.29 is 89.4 Å². The largest absolute Gasteiger partial charge is 0.394 e. The molecule has 19 heteroatoms. The highest BCUT2D eigenvalue weighted by Gasteiger charge is 2.54. The third-order valence-corrected chi connectivity index (χ3v) is 19.5. The molecule has 3 heterocycles. The molecule has 0 saturated carbocycles. The van der Waals surface area contributed by atoms with Gasteiger partial charge in [-0.15, -0.1) is 0 Å². The van der Waals surface area contributed by atoms with E-state index in [0.29, 0.717) is 12.8 Å². The van der Waals surface area contributed by atoms with Crippen LogP contribution in [0.25, 0.3) is 0 Å². The number of hydrogen-bond acceptors (Lipinski definition) is 18. The number of carbonyl (C=O) groups excluding carboxylic acids is 1. The third kappa shape index (κ3) is 43.4. The molecule has 3 aliphatic rings. The highest BCUT2D eigenvalue weighted by Crippen LogP contribution is 2.33. The smallest absolute Gasteiger partial charge is 0.220 e. The van der Waals surface area contributed by atoms with Crippen LogP contribution in [0.15, 0.2) is 122 Å². The Labute approximate surface area is 627 Å². The lowest BCUT2D eigenvalue weighted by Crippen LogP contribution is -2.66. The summed E-state index contributed by atoms with van der Waals surface area (Å²) in [6.45, 7) is 1.61. The number of rotatable bonds is 63. The zero-order valence-corrected chi connectivity index (χ0v) is 64.0. The number of allylic oxidation sites excluding steroid dienone is 19. The number of ether oxygens (including phenoxy) is 6. The van der Waals surface area contributed by atoms with Gasteiger partial charge in [-0.2, -0.15) is 0 Å². The van der Waals surface area contributed by atoms with E-state index in [1.54, 1.807) is 6.08 Å². The molecule has 3 aliphatic heterocycles. The molecular formula is C85H145NO18. The van der Waals surface area contributed by atoms with Gasteiger partial charge in [0.25, 0.3) is 0 Å². The van der Waals surface area contributed by atoms with Crippen molar-refractivity contribution in [2.75, 3.05) is 26.4 Å². The normalized spacial score (nSPS) is 26.6. The van der Waals surface area contributed by atoms with E-state index in [1.165, 1.54) is 141 Å². The van der Waals surface area contributed by atoms with Crippen molar-refractivity contribution in [3.63, 3.8) is 0 Å². The third-order valence-electron chi connectivity index (χ3n) is 19.5. The second kappa shape index (κ2) is 64.1. The summed E-state index contributed by atoms with van der Waals surface area (Å²) in [6.07, 6.45) is 63.2. The minimum absolute atomic E-state index is 0.221. The number of aliphatic hydroxyl groups excluding tert-OH is 11. The predicted octanol–water partition coefficient (Wildman–Crippen LogP) is 13.9. The first kappa shape index (κ1) is 94.4. The van der Waals surface area contributed by atoms with Crippen molar-refractivity contribution in [1.82, 2.24) is 5.32 Å². The molecule has 12 N–H and O–H groups in total. The number of hydrogen-bond donors (Lipinski definition) is 12. The van der Waals surface area contributed by atoms with Crippen LogP contribution >= 0.6 is 0 Å². The number of unbranched alkanes of at least 4 members (excludes halogenated alkanes) is 29. The van der Waals surface area contributed by atoms with Crippen LogP contribution in [0.1, 0.15) is 277 Å². The summed E-state index contributed by atoms with van der Waals surface area (Å²) in [5.74, 6) is -0.296. The van der Waals surface area contributed by atoms with E-state index < -0.39 is 124 Å². The van der Waals surface area contributed by atoms with Gasteiger partial charge in [0.15, 0.2) is 18.9 Å². The Morgan fingerprint density at radius 2 is 0.673 bits per heavy atom. The first-order chi connectivity index (χ1) is 50.8. The quantitative estimate of drug-likeness (QED) is 0.0199. The van der Waals surface area contributed by atoms with Crippen molar-refractivity contribution in [2.24, 2.45) is 0 Å². The molecule has 3 fully saturated rings. The standard InChI is InChI=1S/C85H145NO18/c1-3-5-7-9-11-13-15-17-19-21-23-25-27-29-31-32-33-34-35-36-37-39-41-43-45-47-49-51-53-55-57-59-61-63-73(91)86-68(69(90)62-60-58-56-54-52-50-48-46-44-42-40-38-30-28-26-24-22-20-18-16-14-12-10-8-6-4-2)67-99-83-79(97)76(94)81(71(65-88)101-83)104-85-80(98)77(95)82(72(66-89)102-85)103-84-78(96)75(93)74(92)70(64-87)100-84/h5,7,11,13,17,19,23,25,29,31,33-34,36-37,44,46,52,54,60,62,68-72,74-85,87-90,92-98H,3-4,6,8-10,12,14-16,18,20-22,24,26-28,30,32,35,38-43,45,47-51,53,55-59,61,63-67H2,1-2H3,(H,86,91)/b7-5-,13-11-,19-17-,25-23-,31-29-,34-33-,37-36-,46-44+,54-52+,62-60+. The van der Waals surface area contributed by atoms with Crippen molar-refractivity contribution >= 4 is 5.91 Å². The summed E-state index contributed by atoms with van der Waals surface area (Å²) < 4.78 is 34.4. The molecule has 1 amide bonds. The van der Waals surface area contributed by atoms with Crippen molar-refractivity contribution in [2.45, 2.75) is 381 Å². The summed E-state index contributed by atoms with van der Waals surface area (Å²) in [5, 5.41) is 121. The summed E-state index contributed by atoms with van der Waals surface area (Å²) in [7, 11) is 0. The number of amides is 1. The highest BCUT2D eigenvalue weighted by atomic mass is 16.8. The molecule has 19 nitrogen and oxygen atoms in total. The van der Waals surface area contributed by atoms with Gasteiger partial charge in [0, 0.05) is 6.42 Å². The fraction of sp³-hybridized carbons (Fsp3) is 0.753. The molecule has 104 heavy (non-hydrogen) atoms. The Morgan fingerprint density at radius 3 is 1.08 bits per heavy atom. The van der Waals surface area contributed by atoms with Crippen LogP contribution in [0.5, 0.6) is 0 Å². The fourth-order valence-corrected chi connectivity index (χ4v) is 13.0. The van der Waals surface area contributed by atoms with Crippen molar-refractivity contribution in [3.8, 4) is 0 Å². The maximum absolute atomic E-state index is 13.5. The van der Waals surface area contributed by atoms with Gasteiger partial charge in [0.1, 0.15) is 73.2 Å². The highest BCUT2D eigenvalue weighted by molar-refractivity contribution is 5.76. The second-order valence-electron chi connectivity index (χ2n) is 28.5. The van der Waals surface area contributed by atoms with E-state index in [9.17, 15) is 61.0 Å². The van der Waals surface area contributed by atoms with Crippen LogP contribution in [0.3, 0.4) is 0 Å². The zero-order chi connectivity index (χ0) is 75.3. The molecule has 598 valence electrons. The minimum atomic E-state index is -1.99. The molecule has 0 aliphatic carbocycles. The topological polar surface area (TPSA) is 307 Å². The lowest BCUT2D eigenvalue weighted by molar-refractivity contribution is -0.379. The van der Waals surface area contributed by atoms with Crippen LogP contribution in [-0.4, -0.2) is 193 Å². The maximum Gasteiger partial charge on any atom is 0.220 e. The Morgan fingerprint density at radius 1 is 0.356 bits per heavy atom. The fourth-order valence-electron chi connectivity index (χ4n) is 13.0. The maximum atomic E-state index is 13.5. The first-order valence-corrected chi connectivity index (χ1v) is 40.8. The molecule has 3 rings (SSSR count). The summed E-state index contributed by atoms with van der Waals surface area (Å²) in [4.78, 5) is 13.5. The van der Waals surface area contributed by atoms with E-state index in [1.807, 2.05) is 6.08 Å². The van der Waals surface area contributed by atoms with Gasteiger partial charge >= 0.3 is 0 Å². The lowest BCUT2D eigenvalue weighted by atomic mass is 9.96. The number of nitrogens with one attached hydrogen (secondary N) is 1. The van der Waals surface area contributed by atoms with Gasteiger partial charge in [-0.05, 0) is 103 Å². The molecule has 3 saturated heterocycles. The van der Waals surface area contributed by atoms with Crippen LogP contribution in [-0.2, 0) is 33.2 Å². The van der Waals surface area contributed by atoms with Crippen LogP contribution in [0.2, 0.25) is 0 Å².